The molecular formula is C19H17ClFN3O2S. The fraction of sp³-hybridized carbons (Fsp3) is 0.263. The molecule has 2 aromatic carbocycles. The molecule has 27 heavy (non-hydrogen) atoms. The second kappa shape index (κ2) is 7.70. The number of carbonyl (C=O) groups is 1. The van der Waals surface area contributed by atoms with Crippen LogP contribution in [0.15, 0.2) is 42.5 Å². The second-order valence-corrected chi connectivity index (χ2v) is 7.71. The highest BCUT2D eigenvalue weighted by molar-refractivity contribution is 7.20. The predicted octanol–water partition coefficient (Wildman–Crippen LogP) is 5.16. The summed E-state index contributed by atoms with van der Waals surface area (Å²) in [7, 11) is 0. The van der Waals surface area contributed by atoms with Gasteiger partial charge in [-0.3, -0.25) is 0 Å². The maximum absolute atomic E-state index is 13.3. The summed E-state index contributed by atoms with van der Waals surface area (Å²) in [4.78, 5) is 18.5. The Morgan fingerprint density at radius 2 is 2.04 bits per heavy atom. The van der Waals surface area contributed by atoms with Crippen molar-refractivity contribution in [2.75, 3.05) is 18.4 Å². The maximum Gasteiger partial charge on any atom is 0.321 e. The van der Waals surface area contributed by atoms with E-state index in [1.54, 1.807) is 23.1 Å². The van der Waals surface area contributed by atoms with Crippen LogP contribution in [0.5, 0.6) is 5.19 Å². The van der Waals surface area contributed by atoms with Gasteiger partial charge in [0.1, 0.15) is 11.9 Å². The molecule has 2 amide bonds. The van der Waals surface area contributed by atoms with Crippen LogP contribution in [0.4, 0.5) is 14.9 Å². The zero-order valence-electron chi connectivity index (χ0n) is 14.3. The molecule has 1 aliphatic rings. The van der Waals surface area contributed by atoms with Crippen LogP contribution in [0.2, 0.25) is 5.02 Å². The van der Waals surface area contributed by atoms with Crippen molar-refractivity contribution >= 4 is 44.9 Å². The molecule has 1 fully saturated rings. The van der Waals surface area contributed by atoms with Gasteiger partial charge in [-0.2, -0.15) is 0 Å². The number of anilines is 1. The standard InChI is InChI=1S/C19H17ClFN3O2S/c20-14-3-1-2-4-15(14)22-18(25)24-9-7-13(8-10-24)26-19-23-16-6-5-12(21)11-17(16)27-19/h1-6,11,13H,7-10H2,(H,22,25). The Balaban J connectivity index is 1.33. The zero-order chi connectivity index (χ0) is 18.8. The molecule has 0 unspecified atom stereocenters. The highest BCUT2D eigenvalue weighted by Gasteiger charge is 2.25. The molecular weight excluding hydrogens is 389 g/mol. The number of amides is 2. The molecule has 140 valence electrons. The quantitative estimate of drug-likeness (QED) is 0.654. The molecule has 0 spiro atoms. The number of piperidine rings is 1. The minimum atomic E-state index is -0.282. The largest absolute Gasteiger partial charge is 0.467 e. The predicted molar refractivity (Wildman–Crippen MR) is 105 cm³/mol. The van der Waals surface area contributed by atoms with Crippen molar-refractivity contribution in [2.45, 2.75) is 18.9 Å². The lowest BCUT2D eigenvalue weighted by Crippen LogP contribution is -2.43. The Hall–Kier alpha value is -2.38. The lowest BCUT2D eigenvalue weighted by atomic mass is 10.1. The van der Waals surface area contributed by atoms with Crippen molar-refractivity contribution < 1.29 is 13.9 Å². The zero-order valence-corrected chi connectivity index (χ0v) is 15.9. The lowest BCUT2D eigenvalue weighted by molar-refractivity contribution is 0.115. The number of fused-ring (bicyclic) bond motifs is 1. The average Bonchev–Trinajstić information content (AvgIpc) is 3.05. The molecule has 1 saturated heterocycles. The maximum atomic E-state index is 13.3. The van der Waals surface area contributed by atoms with E-state index in [2.05, 4.69) is 10.3 Å². The van der Waals surface area contributed by atoms with Crippen LogP contribution in [-0.2, 0) is 0 Å². The first-order valence-electron chi connectivity index (χ1n) is 8.62. The number of halogens is 2. The smallest absolute Gasteiger partial charge is 0.321 e. The summed E-state index contributed by atoms with van der Waals surface area (Å²) in [6.45, 7) is 1.17. The third-order valence-electron chi connectivity index (χ3n) is 4.44. The number of carbonyl (C=O) groups excluding carboxylic acids is 1. The molecule has 2 heterocycles. The summed E-state index contributed by atoms with van der Waals surface area (Å²) in [6.07, 6.45) is 1.40. The fourth-order valence-corrected chi connectivity index (χ4v) is 4.09. The van der Waals surface area contributed by atoms with Crippen molar-refractivity contribution in [3.8, 4) is 5.19 Å². The Bertz CT molecular complexity index is 972. The third kappa shape index (κ3) is 4.14. The Kier molecular flexibility index (Phi) is 5.13. The SMILES string of the molecule is O=C(Nc1ccccc1Cl)N1CCC(Oc2nc3ccc(F)cc3s2)CC1. The van der Waals surface area contributed by atoms with Crippen LogP contribution in [0.1, 0.15) is 12.8 Å². The number of urea groups is 1. The van der Waals surface area contributed by atoms with Gasteiger partial charge in [-0.15, -0.1) is 0 Å². The van der Waals surface area contributed by atoms with Gasteiger partial charge in [0.25, 0.3) is 5.19 Å². The molecule has 3 aromatic rings. The first kappa shape index (κ1) is 18.0. The molecule has 0 atom stereocenters. The van der Waals surface area contributed by atoms with E-state index in [0.29, 0.717) is 41.8 Å². The van der Waals surface area contributed by atoms with Crippen LogP contribution in [0, 0.1) is 5.82 Å². The van der Waals surface area contributed by atoms with E-state index >= 15 is 0 Å². The van der Waals surface area contributed by atoms with Crippen LogP contribution in [0.25, 0.3) is 10.2 Å². The topological polar surface area (TPSA) is 54.5 Å². The number of rotatable bonds is 3. The summed E-state index contributed by atoms with van der Waals surface area (Å²) in [5.74, 6) is -0.282. The number of aromatic nitrogens is 1. The molecule has 0 bridgehead atoms. The summed E-state index contributed by atoms with van der Waals surface area (Å²) in [5, 5.41) is 3.88. The van der Waals surface area contributed by atoms with E-state index in [9.17, 15) is 9.18 Å². The van der Waals surface area contributed by atoms with Gasteiger partial charge < -0.3 is 15.0 Å². The van der Waals surface area contributed by atoms with Crippen molar-refractivity contribution in [2.24, 2.45) is 0 Å². The Morgan fingerprint density at radius 3 is 2.81 bits per heavy atom. The molecule has 1 N–H and O–H groups in total. The number of hydrogen-bond acceptors (Lipinski definition) is 4. The summed E-state index contributed by atoms with van der Waals surface area (Å²) in [5.41, 5.74) is 1.33. The van der Waals surface area contributed by atoms with Gasteiger partial charge in [0.15, 0.2) is 0 Å². The number of likely N-dealkylation sites (tertiary alicyclic amines) is 1. The highest BCUT2D eigenvalue weighted by atomic mass is 35.5. The van der Waals surface area contributed by atoms with Crippen LogP contribution < -0.4 is 10.1 Å². The van der Waals surface area contributed by atoms with E-state index < -0.39 is 0 Å². The van der Waals surface area contributed by atoms with Crippen molar-refractivity contribution in [3.63, 3.8) is 0 Å². The molecule has 0 aliphatic carbocycles. The number of para-hydroxylation sites is 1. The van der Waals surface area contributed by atoms with Crippen molar-refractivity contribution in [1.82, 2.24) is 9.88 Å². The van der Waals surface area contributed by atoms with E-state index in [0.717, 1.165) is 10.2 Å². The molecule has 0 radical (unpaired) electrons. The summed E-state index contributed by atoms with van der Waals surface area (Å²) in [6, 6.07) is 11.5. The van der Waals surface area contributed by atoms with E-state index in [1.165, 1.54) is 23.5 Å². The molecule has 0 saturated carbocycles. The van der Waals surface area contributed by atoms with E-state index in [1.807, 2.05) is 12.1 Å². The number of hydrogen-bond donors (Lipinski definition) is 1. The van der Waals surface area contributed by atoms with Gasteiger partial charge in [0.2, 0.25) is 0 Å². The molecule has 8 heteroatoms. The Morgan fingerprint density at radius 1 is 1.26 bits per heavy atom. The first-order valence-corrected chi connectivity index (χ1v) is 9.81. The van der Waals surface area contributed by atoms with Gasteiger partial charge in [-0.25, -0.2) is 14.2 Å². The van der Waals surface area contributed by atoms with Gasteiger partial charge in [0, 0.05) is 25.9 Å². The molecule has 4 rings (SSSR count). The van der Waals surface area contributed by atoms with Gasteiger partial charge in [0.05, 0.1) is 20.9 Å². The number of nitrogens with zero attached hydrogens (tertiary/aromatic N) is 2. The van der Waals surface area contributed by atoms with E-state index in [4.69, 9.17) is 16.3 Å². The monoisotopic (exact) mass is 405 g/mol. The first-order chi connectivity index (χ1) is 13.1. The minimum Gasteiger partial charge on any atom is -0.467 e. The molecule has 5 nitrogen and oxygen atoms in total. The Labute approximate surface area is 164 Å². The second-order valence-electron chi connectivity index (χ2n) is 6.31. The van der Waals surface area contributed by atoms with Gasteiger partial charge >= 0.3 is 6.03 Å². The number of thiazole rings is 1. The molecule has 1 aliphatic heterocycles. The lowest BCUT2D eigenvalue weighted by Gasteiger charge is -2.31. The fourth-order valence-electron chi connectivity index (χ4n) is 3.00. The van der Waals surface area contributed by atoms with E-state index in [-0.39, 0.29) is 18.0 Å². The number of ether oxygens (including phenoxy) is 1. The van der Waals surface area contributed by atoms with Crippen molar-refractivity contribution in [1.29, 1.82) is 0 Å². The highest BCUT2D eigenvalue weighted by Crippen LogP contribution is 2.30. The third-order valence-corrected chi connectivity index (χ3v) is 5.68. The normalized spacial score (nSPS) is 15.1. The van der Waals surface area contributed by atoms with Crippen LogP contribution in [0.3, 0.4) is 0 Å². The summed E-state index contributed by atoms with van der Waals surface area (Å²) >= 11 is 7.42. The van der Waals surface area contributed by atoms with Gasteiger partial charge in [-0.1, -0.05) is 35.1 Å². The minimum absolute atomic E-state index is 0.0141. The van der Waals surface area contributed by atoms with Crippen molar-refractivity contribution in [3.05, 3.63) is 53.3 Å². The number of benzene rings is 2. The van der Waals surface area contributed by atoms with Crippen LogP contribution in [-0.4, -0.2) is 35.1 Å². The average molecular weight is 406 g/mol. The van der Waals surface area contributed by atoms with Crippen LogP contribution >= 0.6 is 22.9 Å². The number of nitrogens with one attached hydrogen (secondary N) is 1. The summed E-state index contributed by atoms with van der Waals surface area (Å²) < 4.78 is 20.0. The molecule has 1 aromatic heterocycles. The van der Waals surface area contributed by atoms with Gasteiger partial charge in [-0.05, 0) is 30.3 Å².